The van der Waals surface area contributed by atoms with Crippen molar-refractivity contribution in [1.29, 1.82) is 0 Å². The molecule has 0 aromatic rings. The summed E-state index contributed by atoms with van der Waals surface area (Å²) in [4.78, 5) is 0. The molecule has 0 radical (unpaired) electrons. The normalized spacial score (nSPS) is 56.8. The Morgan fingerprint density at radius 3 is 1.67 bits per heavy atom. The Bertz CT molecular complexity index is 244. The van der Waals surface area contributed by atoms with Gasteiger partial charge in [-0.25, -0.2) is 0 Å². The lowest BCUT2D eigenvalue weighted by atomic mass is 9.95. The van der Waals surface area contributed by atoms with Gasteiger partial charge in [-0.2, -0.15) is 23.5 Å². The molecule has 0 amide bonds. The highest BCUT2D eigenvalue weighted by Gasteiger charge is 2.46. The van der Waals surface area contributed by atoms with Gasteiger partial charge in [0, 0.05) is 21.0 Å². The first-order valence-electron chi connectivity index (χ1n) is 6.35. The molecule has 0 N–H and O–H groups in total. The van der Waals surface area contributed by atoms with E-state index in [0.717, 1.165) is 21.0 Å². The first-order valence-corrected chi connectivity index (χ1v) is 8.23. The van der Waals surface area contributed by atoms with Crippen LogP contribution in [0.5, 0.6) is 0 Å². The molecule has 0 aromatic carbocycles. The van der Waals surface area contributed by atoms with Gasteiger partial charge < -0.3 is 4.74 Å². The standard InChI is InChI=1S/C12H18OS2/c1-3-9-11(14-9)5-7(1)13-8-2-4-10-12(6-8)15-10/h7-12H,1-6H2. The fraction of sp³-hybridized carbons (Fsp3) is 1.00. The van der Waals surface area contributed by atoms with Crippen LogP contribution in [0.1, 0.15) is 38.5 Å². The molecule has 0 aromatic heterocycles. The van der Waals surface area contributed by atoms with Crippen molar-refractivity contribution in [1.82, 2.24) is 0 Å². The molecule has 1 nitrogen and oxygen atoms in total. The highest BCUT2D eigenvalue weighted by molar-refractivity contribution is 8.07. The average Bonchev–Trinajstić information content (AvgIpc) is 3.11. The van der Waals surface area contributed by atoms with Gasteiger partial charge in [0.25, 0.3) is 0 Å². The van der Waals surface area contributed by atoms with Gasteiger partial charge in [0.05, 0.1) is 12.2 Å². The van der Waals surface area contributed by atoms with E-state index in [0.29, 0.717) is 12.2 Å². The molecule has 4 rings (SSSR count). The topological polar surface area (TPSA) is 9.23 Å². The lowest BCUT2D eigenvalue weighted by Crippen LogP contribution is -2.30. The van der Waals surface area contributed by atoms with Crippen LogP contribution in [0.25, 0.3) is 0 Å². The highest BCUT2D eigenvalue weighted by atomic mass is 32.2. The molecular weight excluding hydrogens is 224 g/mol. The Labute approximate surface area is 100 Å². The molecule has 2 saturated carbocycles. The molecule has 2 heterocycles. The van der Waals surface area contributed by atoms with Crippen LogP contribution >= 0.6 is 23.5 Å². The van der Waals surface area contributed by atoms with Gasteiger partial charge in [0.2, 0.25) is 0 Å². The van der Waals surface area contributed by atoms with E-state index in [1.54, 1.807) is 0 Å². The van der Waals surface area contributed by atoms with Gasteiger partial charge >= 0.3 is 0 Å². The second-order valence-electron chi connectivity index (χ2n) is 5.43. The summed E-state index contributed by atoms with van der Waals surface area (Å²) in [6, 6.07) is 0. The van der Waals surface area contributed by atoms with E-state index in [1.807, 2.05) is 0 Å². The molecule has 2 aliphatic heterocycles. The van der Waals surface area contributed by atoms with Crippen molar-refractivity contribution in [2.45, 2.75) is 71.7 Å². The van der Waals surface area contributed by atoms with E-state index in [2.05, 4.69) is 23.5 Å². The fourth-order valence-corrected chi connectivity index (χ4v) is 5.66. The van der Waals surface area contributed by atoms with Crippen LogP contribution in [0.15, 0.2) is 0 Å². The van der Waals surface area contributed by atoms with Crippen molar-refractivity contribution in [3.05, 3.63) is 0 Å². The van der Waals surface area contributed by atoms with Crippen LogP contribution < -0.4 is 0 Å². The van der Waals surface area contributed by atoms with Crippen LogP contribution in [0.3, 0.4) is 0 Å². The molecule has 6 atom stereocenters. The summed E-state index contributed by atoms with van der Waals surface area (Å²) in [6.07, 6.45) is 9.47. The van der Waals surface area contributed by atoms with Crippen LogP contribution in [-0.4, -0.2) is 33.2 Å². The quantitative estimate of drug-likeness (QED) is 0.689. The van der Waals surface area contributed by atoms with Crippen LogP contribution in [0, 0.1) is 0 Å². The molecule has 2 aliphatic carbocycles. The zero-order valence-corrected chi connectivity index (χ0v) is 10.6. The average molecular weight is 242 g/mol. The highest BCUT2D eigenvalue weighted by Crippen LogP contribution is 2.53. The largest absolute Gasteiger partial charge is 0.375 e. The predicted octanol–water partition coefficient (Wildman–Crippen LogP) is 3.08. The second-order valence-corrected chi connectivity index (χ2v) is 8.40. The van der Waals surface area contributed by atoms with Gasteiger partial charge in [-0.3, -0.25) is 0 Å². The number of hydrogen-bond donors (Lipinski definition) is 0. The van der Waals surface area contributed by atoms with E-state index < -0.39 is 0 Å². The van der Waals surface area contributed by atoms with Crippen molar-refractivity contribution >= 4 is 23.5 Å². The maximum Gasteiger partial charge on any atom is 0.0590 e. The maximum absolute atomic E-state index is 6.30. The van der Waals surface area contributed by atoms with Gasteiger partial charge in [-0.15, -0.1) is 0 Å². The first kappa shape index (κ1) is 9.67. The SMILES string of the molecule is C1CC2SC2CC1OC1CCC2SC2C1. The molecule has 15 heavy (non-hydrogen) atoms. The Morgan fingerprint density at radius 1 is 0.667 bits per heavy atom. The minimum absolute atomic E-state index is 0.617. The Kier molecular flexibility index (Phi) is 2.30. The third-order valence-electron chi connectivity index (χ3n) is 4.30. The maximum atomic E-state index is 6.30. The zero-order chi connectivity index (χ0) is 9.83. The fourth-order valence-electron chi connectivity index (χ4n) is 3.25. The summed E-state index contributed by atoms with van der Waals surface area (Å²) in [6.45, 7) is 0. The summed E-state index contributed by atoms with van der Waals surface area (Å²) in [5.74, 6) is 0. The van der Waals surface area contributed by atoms with E-state index in [-0.39, 0.29) is 0 Å². The van der Waals surface area contributed by atoms with Crippen molar-refractivity contribution < 1.29 is 4.74 Å². The number of fused-ring (bicyclic) bond motifs is 2. The van der Waals surface area contributed by atoms with Crippen molar-refractivity contribution in [2.24, 2.45) is 0 Å². The summed E-state index contributed by atoms with van der Waals surface area (Å²) in [7, 11) is 0. The Hall–Kier alpha value is 0.660. The molecule has 6 unspecified atom stereocenters. The lowest BCUT2D eigenvalue weighted by molar-refractivity contribution is -0.0374. The predicted molar refractivity (Wildman–Crippen MR) is 66.7 cm³/mol. The molecule has 84 valence electrons. The minimum atomic E-state index is 0.617. The van der Waals surface area contributed by atoms with E-state index in [1.165, 1.54) is 38.5 Å². The summed E-state index contributed by atoms with van der Waals surface area (Å²) >= 11 is 4.38. The second kappa shape index (κ2) is 3.58. The van der Waals surface area contributed by atoms with Crippen molar-refractivity contribution in [3.8, 4) is 0 Å². The molecular formula is C12H18OS2. The third-order valence-corrected chi connectivity index (χ3v) is 7.24. The molecule has 4 aliphatic rings. The smallest absolute Gasteiger partial charge is 0.0590 e. The van der Waals surface area contributed by atoms with Gasteiger partial charge in [-0.05, 0) is 38.5 Å². The minimum Gasteiger partial charge on any atom is -0.375 e. The van der Waals surface area contributed by atoms with Gasteiger partial charge in [-0.1, -0.05) is 0 Å². The molecule has 3 heteroatoms. The summed E-state index contributed by atoms with van der Waals surface area (Å²) in [5, 5.41) is 4.02. The molecule has 0 bridgehead atoms. The third kappa shape index (κ3) is 1.96. The zero-order valence-electron chi connectivity index (χ0n) is 8.93. The van der Waals surface area contributed by atoms with Crippen LogP contribution in [-0.2, 0) is 4.74 Å². The van der Waals surface area contributed by atoms with E-state index >= 15 is 0 Å². The van der Waals surface area contributed by atoms with Gasteiger partial charge in [0.1, 0.15) is 0 Å². The van der Waals surface area contributed by atoms with E-state index in [4.69, 9.17) is 4.74 Å². The number of ether oxygens (including phenoxy) is 1. The molecule has 4 fully saturated rings. The Balaban J connectivity index is 1.31. The first-order chi connectivity index (χ1) is 7.38. The van der Waals surface area contributed by atoms with Crippen LogP contribution in [0.4, 0.5) is 0 Å². The molecule has 0 spiro atoms. The lowest BCUT2D eigenvalue weighted by Gasteiger charge is -2.28. The summed E-state index contributed by atoms with van der Waals surface area (Å²) < 4.78 is 6.30. The number of rotatable bonds is 2. The monoisotopic (exact) mass is 242 g/mol. The van der Waals surface area contributed by atoms with E-state index in [9.17, 15) is 0 Å². The number of thioether (sulfide) groups is 2. The summed E-state index contributed by atoms with van der Waals surface area (Å²) in [5.41, 5.74) is 0. The number of hydrogen-bond acceptors (Lipinski definition) is 3. The Morgan fingerprint density at radius 2 is 1.20 bits per heavy atom. The molecule has 2 saturated heterocycles. The van der Waals surface area contributed by atoms with Crippen LogP contribution in [0.2, 0.25) is 0 Å². The van der Waals surface area contributed by atoms with Crippen molar-refractivity contribution in [3.63, 3.8) is 0 Å². The van der Waals surface area contributed by atoms with Gasteiger partial charge in [0.15, 0.2) is 0 Å². The van der Waals surface area contributed by atoms with Crippen molar-refractivity contribution in [2.75, 3.05) is 0 Å².